The number of rotatable bonds is 8. The van der Waals surface area contributed by atoms with Crippen molar-refractivity contribution in [3.63, 3.8) is 0 Å². The van der Waals surface area contributed by atoms with Gasteiger partial charge in [-0.15, -0.1) is 0 Å². The number of hydrogen-bond donors (Lipinski definition) is 3. The van der Waals surface area contributed by atoms with Crippen molar-refractivity contribution in [3.8, 4) is 0 Å². The van der Waals surface area contributed by atoms with E-state index in [1.807, 2.05) is 6.92 Å². The summed E-state index contributed by atoms with van der Waals surface area (Å²) in [6.07, 6.45) is 4.70. The van der Waals surface area contributed by atoms with E-state index in [9.17, 15) is 9.90 Å². The van der Waals surface area contributed by atoms with Crippen molar-refractivity contribution in [3.05, 3.63) is 0 Å². The summed E-state index contributed by atoms with van der Waals surface area (Å²) >= 11 is 0. The third-order valence-electron chi connectivity index (χ3n) is 4.15. The van der Waals surface area contributed by atoms with Crippen LogP contribution in [0.2, 0.25) is 0 Å². The van der Waals surface area contributed by atoms with Crippen molar-refractivity contribution in [2.45, 2.75) is 65.1 Å². The molecule has 1 rings (SSSR count). The molecule has 0 heterocycles. The fourth-order valence-corrected chi connectivity index (χ4v) is 2.90. The molecule has 1 aliphatic carbocycles. The van der Waals surface area contributed by atoms with Gasteiger partial charge in [0, 0.05) is 19.7 Å². The molecule has 124 valence electrons. The number of amides is 2. The molecule has 1 aliphatic rings. The minimum atomic E-state index is -0.188. The second-order valence-corrected chi connectivity index (χ2v) is 6.35. The lowest BCUT2D eigenvalue weighted by atomic mass is 9.87. The molecule has 1 fully saturated rings. The Hall–Kier alpha value is -0.810. The van der Waals surface area contributed by atoms with Crippen LogP contribution in [0, 0.1) is 11.8 Å². The fourth-order valence-electron chi connectivity index (χ4n) is 2.90. The standard InChI is InChI=1S/C16H32N2O3/c1-4-21-15(12(2)3)8-9-17-16(20)18-11-13-6-5-7-14(19)10-13/h12-15,19H,4-11H2,1-3H3,(H2,17,18,20). The van der Waals surface area contributed by atoms with Crippen molar-refractivity contribution >= 4 is 6.03 Å². The summed E-state index contributed by atoms with van der Waals surface area (Å²) in [7, 11) is 0. The molecule has 0 aromatic rings. The highest BCUT2D eigenvalue weighted by Crippen LogP contribution is 2.23. The first kappa shape index (κ1) is 18.2. The summed E-state index contributed by atoms with van der Waals surface area (Å²) in [6.45, 7) is 8.25. The summed E-state index contributed by atoms with van der Waals surface area (Å²) < 4.78 is 5.65. The Morgan fingerprint density at radius 2 is 2.10 bits per heavy atom. The van der Waals surface area contributed by atoms with E-state index < -0.39 is 0 Å². The molecule has 5 heteroatoms. The highest BCUT2D eigenvalue weighted by atomic mass is 16.5. The lowest BCUT2D eigenvalue weighted by Crippen LogP contribution is -2.41. The molecule has 1 saturated carbocycles. The first-order chi connectivity index (χ1) is 10.0. The van der Waals surface area contributed by atoms with Crippen molar-refractivity contribution in [1.29, 1.82) is 0 Å². The van der Waals surface area contributed by atoms with Crippen LogP contribution in [0.5, 0.6) is 0 Å². The molecule has 3 atom stereocenters. The van der Waals surface area contributed by atoms with Crippen LogP contribution in [0.15, 0.2) is 0 Å². The normalized spacial score (nSPS) is 23.9. The highest BCUT2D eigenvalue weighted by Gasteiger charge is 2.20. The van der Waals surface area contributed by atoms with E-state index in [2.05, 4.69) is 24.5 Å². The lowest BCUT2D eigenvalue weighted by Gasteiger charge is -2.26. The van der Waals surface area contributed by atoms with Crippen LogP contribution in [-0.2, 0) is 4.74 Å². The van der Waals surface area contributed by atoms with Gasteiger partial charge in [-0.05, 0) is 44.4 Å². The van der Waals surface area contributed by atoms with Gasteiger partial charge in [0.25, 0.3) is 0 Å². The number of urea groups is 1. The van der Waals surface area contributed by atoms with Gasteiger partial charge in [-0.25, -0.2) is 4.79 Å². The third-order valence-corrected chi connectivity index (χ3v) is 4.15. The quantitative estimate of drug-likeness (QED) is 0.644. The van der Waals surface area contributed by atoms with Gasteiger partial charge in [0.2, 0.25) is 0 Å². The molecule has 21 heavy (non-hydrogen) atoms. The largest absolute Gasteiger partial charge is 0.393 e. The number of aliphatic hydroxyl groups excluding tert-OH is 1. The predicted octanol–water partition coefficient (Wildman–Crippen LogP) is 2.29. The number of aliphatic hydroxyl groups is 1. The molecule has 0 aliphatic heterocycles. The number of hydrogen-bond acceptors (Lipinski definition) is 3. The maximum Gasteiger partial charge on any atom is 0.314 e. The van der Waals surface area contributed by atoms with E-state index in [0.717, 1.165) is 32.1 Å². The lowest BCUT2D eigenvalue weighted by molar-refractivity contribution is 0.0255. The third kappa shape index (κ3) is 7.67. The number of carbonyl (C=O) groups excluding carboxylic acids is 1. The second kappa shape index (κ2) is 10.0. The van der Waals surface area contributed by atoms with Crippen molar-refractivity contribution in [2.75, 3.05) is 19.7 Å². The van der Waals surface area contributed by atoms with Crippen LogP contribution < -0.4 is 10.6 Å². The summed E-state index contributed by atoms with van der Waals surface area (Å²) in [6, 6.07) is -0.117. The zero-order chi connectivity index (χ0) is 15.7. The number of carbonyl (C=O) groups is 1. The molecule has 5 nitrogen and oxygen atoms in total. The van der Waals surface area contributed by atoms with E-state index in [1.54, 1.807) is 0 Å². The van der Waals surface area contributed by atoms with Crippen LogP contribution in [0.1, 0.15) is 52.9 Å². The maximum absolute atomic E-state index is 11.8. The minimum absolute atomic E-state index is 0.117. The Morgan fingerprint density at radius 1 is 1.33 bits per heavy atom. The van der Waals surface area contributed by atoms with Crippen LogP contribution >= 0.6 is 0 Å². The van der Waals surface area contributed by atoms with E-state index in [4.69, 9.17) is 4.74 Å². The Balaban J connectivity index is 2.13. The highest BCUT2D eigenvalue weighted by molar-refractivity contribution is 5.73. The maximum atomic E-state index is 11.8. The molecule has 0 aromatic heterocycles. The predicted molar refractivity (Wildman–Crippen MR) is 84.2 cm³/mol. The number of nitrogens with one attached hydrogen (secondary N) is 2. The van der Waals surface area contributed by atoms with Crippen LogP contribution in [-0.4, -0.2) is 43.0 Å². The molecular weight excluding hydrogens is 268 g/mol. The van der Waals surface area contributed by atoms with Crippen LogP contribution in [0.4, 0.5) is 4.79 Å². The molecular formula is C16H32N2O3. The molecule has 0 saturated heterocycles. The molecule has 0 bridgehead atoms. The van der Waals surface area contributed by atoms with Gasteiger partial charge in [-0.3, -0.25) is 0 Å². The van der Waals surface area contributed by atoms with Gasteiger partial charge in [-0.2, -0.15) is 0 Å². The monoisotopic (exact) mass is 300 g/mol. The van der Waals surface area contributed by atoms with E-state index in [-0.39, 0.29) is 18.2 Å². The van der Waals surface area contributed by atoms with Gasteiger partial charge in [0.05, 0.1) is 12.2 Å². The van der Waals surface area contributed by atoms with Crippen LogP contribution in [0.25, 0.3) is 0 Å². The van der Waals surface area contributed by atoms with Gasteiger partial charge in [0.1, 0.15) is 0 Å². The van der Waals surface area contributed by atoms with Gasteiger partial charge < -0.3 is 20.5 Å². The van der Waals surface area contributed by atoms with Crippen molar-refractivity contribution in [2.24, 2.45) is 11.8 Å². The van der Waals surface area contributed by atoms with Gasteiger partial charge >= 0.3 is 6.03 Å². The summed E-state index contributed by atoms with van der Waals surface area (Å²) in [5, 5.41) is 15.4. The van der Waals surface area contributed by atoms with Crippen LogP contribution in [0.3, 0.4) is 0 Å². The van der Waals surface area contributed by atoms with Crippen molar-refractivity contribution < 1.29 is 14.6 Å². The zero-order valence-corrected chi connectivity index (χ0v) is 13.7. The van der Waals surface area contributed by atoms with Gasteiger partial charge in [-0.1, -0.05) is 20.3 Å². The average Bonchev–Trinajstić information content (AvgIpc) is 2.44. The average molecular weight is 300 g/mol. The summed E-state index contributed by atoms with van der Waals surface area (Å²) in [4.78, 5) is 11.8. The SMILES string of the molecule is CCOC(CCNC(=O)NCC1CCCC(O)C1)C(C)C. The summed E-state index contributed by atoms with van der Waals surface area (Å²) in [5.74, 6) is 0.866. The Kier molecular flexibility index (Phi) is 8.69. The molecule has 3 unspecified atom stereocenters. The Bertz CT molecular complexity index is 297. The van der Waals surface area contributed by atoms with E-state index in [1.165, 1.54) is 0 Å². The molecule has 0 aromatic carbocycles. The second-order valence-electron chi connectivity index (χ2n) is 6.35. The first-order valence-electron chi connectivity index (χ1n) is 8.34. The van der Waals surface area contributed by atoms with E-state index in [0.29, 0.717) is 31.5 Å². The van der Waals surface area contributed by atoms with Crippen molar-refractivity contribution in [1.82, 2.24) is 10.6 Å². The number of ether oxygens (including phenoxy) is 1. The topological polar surface area (TPSA) is 70.6 Å². The molecule has 0 spiro atoms. The summed E-state index contributed by atoms with van der Waals surface area (Å²) in [5.41, 5.74) is 0. The molecule has 2 amide bonds. The minimum Gasteiger partial charge on any atom is -0.393 e. The first-order valence-corrected chi connectivity index (χ1v) is 8.34. The van der Waals surface area contributed by atoms with Gasteiger partial charge in [0.15, 0.2) is 0 Å². The zero-order valence-electron chi connectivity index (χ0n) is 13.7. The Labute approximate surface area is 128 Å². The smallest absolute Gasteiger partial charge is 0.314 e. The molecule has 3 N–H and O–H groups in total. The Morgan fingerprint density at radius 3 is 2.71 bits per heavy atom. The molecule has 0 radical (unpaired) electrons. The van der Waals surface area contributed by atoms with E-state index >= 15 is 0 Å². The fraction of sp³-hybridized carbons (Fsp3) is 0.938.